The standard InChI is InChI=1S/C13H21BrN2O/c1-10(9-17-3)16(2)8-12-5-4-11(7-15)6-13(12)14/h4-6,10H,7-9,15H2,1-3H3. The molecule has 0 radical (unpaired) electrons. The van der Waals surface area contributed by atoms with Crippen LogP contribution in [0.15, 0.2) is 22.7 Å². The molecule has 0 amide bonds. The van der Waals surface area contributed by atoms with Crippen LogP contribution in [0.5, 0.6) is 0 Å². The molecule has 0 aromatic heterocycles. The fourth-order valence-electron chi connectivity index (χ4n) is 1.64. The van der Waals surface area contributed by atoms with Gasteiger partial charge < -0.3 is 10.5 Å². The predicted octanol–water partition coefficient (Wildman–Crippen LogP) is 2.37. The van der Waals surface area contributed by atoms with Crippen molar-refractivity contribution in [2.75, 3.05) is 20.8 Å². The van der Waals surface area contributed by atoms with Crippen LogP contribution in [0.25, 0.3) is 0 Å². The summed E-state index contributed by atoms with van der Waals surface area (Å²) in [6.07, 6.45) is 0. The Kier molecular flexibility index (Phi) is 6.12. The van der Waals surface area contributed by atoms with E-state index < -0.39 is 0 Å². The quantitative estimate of drug-likeness (QED) is 0.877. The number of halogens is 1. The van der Waals surface area contributed by atoms with E-state index in [4.69, 9.17) is 10.5 Å². The highest BCUT2D eigenvalue weighted by Crippen LogP contribution is 2.20. The lowest BCUT2D eigenvalue weighted by Crippen LogP contribution is -2.32. The number of ether oxygens (including phenoxy) is 1. The fraction of sp³-hybridized carbons (Fsp3) is 0.538. The largest absolute Gasteiger partial charge is 0.383 e. The van der Waals surface area contributed by atoms with Gasteiger partial charge in [0.15, 0.2) is 0 Å². The summed E-state index contributed by atoms with van der Waals surface area (Å²) in [5.41, 5.74) is 8.03. The lowest BCUT2D eigenvalue weighted by Gasteiger charge is -2.24. The van der Waals surface area contributed by atoms with Gasteiger partial charge in [-0.05, 0) is 31.2 Å². The third-order valence-electron chi connectivity index (χ3n) is 2.93. The average molecular weight is 301 g/mol. The molecule has 0 fully saturated rings. The number of likely N-dealkylation sites (N-methyl/N-ethyl adjacent to an activating group) is 1. The van der Waals surface area contributed by atoms with Crippen LogP contribution in [0.2, 0.25) is 0 Å². The Hall–Kier alpha value is -0.420. The molecule has 1 rings (SSSR count). The van der Waals surface area contributed by atoms with E-state index in [0.29, 0.717) is 12.6 Å². The smallest absolute Gasteiger partial charge is 0.0615 e. The molecule has 1 aromatic carbocycles. The Labute approximate surface area is 112 Å². The zero-order valence-electron chi connectivity index (χ0n) is 10.7. The molecule has 0 heterocycles. The lowest BCUT2D eigenvalue weighted by molar-refractivity contribution is 0.112. The van der Waals surface area contributed by atoms with Crippen LogP contribution < -0.4 is 5.73 Å². The molecule has 4 heteroatoms. The van der Waals surface area contributed by atoms with E-state index in [1.54, 1.807) is 7.11 Å². The van der Waals surface area contributed by atoms with Crippen molar-refractivity contribution in [1.29, 1.82) is 0 Å². The van der Waals surface area contributed by atoms with Gasteiger partial charge in [0.05, 0.1) is 6.61 Å². The van der Waals surface area contributed by atoms with Crippen LogP contribution in [0.3, 0.4) is 0 Å². The Morgan fingerprint density at radius 2 is 2.18 bits per heavy atom. The molecule has 1 unspecified atom stereocenters. The topological polar surface area (TPSA) is 38.5 Å². The van der Waals surface area contributed by atoms with E-state index >= 15 is 0 Å². The number of hydrogen-bond acceptors (Lipinski definition) is 3. The van der Waals surface area contributed by atoms with Crippen molar-refractivity contribution < 1.29 is 4.74 Å². The SMILES string of the molecule is COCC(C)N(C)Cc1ccc(CN)cc1Br. The Morgan fingerprint density at radius 1 is 1.47 bits per heavy atom. The Balaban J connectivity index is 2.68. The summed E-state index contributed by atoms with van der Waals surface area (Å²) in [4.78, 5) is 2.27. The summed E-state index contributed by atoms with van der Waals surface area (Å²) in [5, 5.41) is 0. The molecule has 1 atom stereocenters. The van der Waals surface area contributed by atoms with Gasteiger partial charge in [-0.15, -0.1) is 0 Å². The average Bonchev–Trinajstić information content (AvgIpc) is 2.31. The zero-order chi connectivity index (χ0) is 12.8. The van der Waals surface area contributed by atoms with Crippen molar-refractivity contribution in [1.82, 2.24) is 4.90 Å². The molecular weight excluding hydrogens is 280 g/mol. The summed E-state index contributed by atoms with van der Waals surface area (Å²) < 4.78 is 6.28. The predicted molar refractivity (Wildman–Crippen MR) is 74.8 cm³/mol. The van der Waals surface area contributed by atoms with Crippen LogP contribution >= 0.6 is 15.9 Å². The fourth-order valence-corrected chi connectivity index (χ4v) is 2.19. The highest BCUT2D eigenvalue weighted by atomic mass is 79.9. The van der Waals surface area contributed by atoms with Gasteiger partial charge in [-0.25, -0.2) is 0 Å². The maximum atomic E-state index is 5.61. The third-order valence-corrected chi connectivity index (χ3v) is 3.67. The molecule has 0 saturated heterocycles. The van der Waals surface area contributed by atoms with Gasteiger partial charge in [-0.3, -0.25) is 4.90 Å². The molecule has 96 valence electrons. The van der Waals surface area contributed by atoms with Crippen molar-refractivity contribution in [3.63, 3.8) is 0 Å². The minimum absolute atomic E-state index is 0.404. The van der Waals surface area contributed by atoms with E-state index in [1.807, 2.05) is 0 Å². The Bertz CT molecular complexity index is 357. The van der Waals surface area contributed by atoms with Crippen molar-refractivity contribution >= 4 is 15.9 Å². The van der Waals surface area contributed by atoms with E-state index in [9.17, 15) is 0 Å². The van der Waals surface area contributed by atoms with Crippen LogP contribution in [-0.4, -0.2) is 31.7 Å². The first kappa shape index (κ1) is 14.6. The molecule has 3 nitrogen and oxygen atoms in total. The van der Waals surface area contributed by atoms with E-state index in [2.05, 4.69) is 53.0 Å². The first-order valence-electron chi connectivity index (χ1n) is 5.75. The summed E-state index contributed by atoms with van der Waals surface area (Å²) in [6, 6.07) is 6.70. The molecule has 0 spiro atoms. The van der Waals surface area contributed by atoms with Crippen molar-refractivity contribution in [3.8, 4) is 0 Å². The lowest BCUT2D eigenvalue weighted by atomic mass is 10.1. The van der Waals surface area contributed by atoms with E-state index in [0.717, 1.165) is 23.2 Å². The molecule has 0 aliphatic rings. The minimum Gasteiger partial charge on any atom is -0.383 e. The second-order valence-corrected chi connectivity index (χ2v) is 5.20. The van der Waals surface area contributed by atoms with Crippen LogP contribution in [0.4, 0.5) is 0 Å². The molecule has 0 aliphatic heterocycles. The van der Waals surface area contributed by atoms with Gasteiger partial charge in [0.2, 0.25) is 0 Å². The van der Waals surface area contributed by atoms with Crippen LogP contribution in [0, 0.1) is 0 Å². The number of rotatable bonds is 6. The van der Waals surface area contributed by atoms with Crippen molar-refractivity contribution in [3.05, 3.63) is 33.8 Å². The van der Waals surface area contributed by atoms with E-state index in [-0.39, 0.29) is 0 Å². The van der Waals surface area contributed by atoms with Gasteiger partial charge in [-0.2, -0.15) is 0 Å². The molecule has 17 heavy (non-hydrogen) atoms. The molecule has 0 saturated carbocycles. The summed E-state index contributed by atoms with van der Waals surface area (Å²) in [5.74, 6) is 0. The van der Waals surface area contributed by atoms with Gasteiger partial charge in [0.25, 0.3) is 0 Å². The molecular formula is C13H21BrN2O. The molecule has 0 aliphatic carbocycles. The summed E-state index contributed by atoms with van der Waals surface area (Å²) in [6.45, 7) is 4.38. The van der Waals surface area contributed by atoms with Gasteiger partial charge in [0.1, 0.15) is 0 Å². The zero-order valence-corrected chi connectivity index (χ0v) is 12.3. The van der Waals surface area contributed by atoms with Gasteiger partial charge in [0, 0.05) is 30.7 Å². The number of methoxy groups -OCH3 is 1. The van der Waals surface area contributed by atoms with Gasteiger partial charge in [-0.1, -0.05) is 28.1 Å². The number of benzene rings is 1. The highest BCUT2D eigenvalue weighted by Gasteiger charge is 2.11. The summed E-state index contributed by atoms with van der Waals surface area (Å²) >= 11 is 3.59. The minimum atomic E-state index is 0.404. The third kappa shape index (κ3) is 4.39. The highest BCUT2D eigenvalue weighted by molar-refractivity contribution is 9.10. The number of hydrogen-bond donors (Lipinski definition) is 1. The first-order valence-corrected chi connectivity index (χ1v) is 6.54. The maximum absolute atomic E-state index is 5.61. The number of nitrogens with two attached hydrogens (primary N) is 1. The van der Waals surface area contributed by atoms with Gasteiger partial charge >= 0.3 is 0 Å². The van der Waals surface area contributed by atoms with Crippen LogP contribution in [0.1, 0.15) is 18.1 Å². The monoisotopic (exact) mass is 300 g/mol. The number of nitrogens with zero attached hydrogens (tertiary/aromatic N) is 1. The first-order chi connectivity index (χ1) is 8.08. The maximum Gasteiger partial charge on any atom is 0.0615 e. The Morgan fingerprint density at radius 3 is 2.71 bits per heavy atom. The molecule has 2 N–H and O–H groups in total. The van der Waals surface area contributed by atoms with Crippen molar-refractivity contribution in [2.45, 2.75) is 26.1 Å². The van der Waals surface area contributed by atoms with Crippen LogP contribution in [-0.2, 0) is 17.8 Å². The van der Waals surface area contributed by atoms with E-state index in [1.165, 1.54) is 5.56 Å². The second kappa shape index (κ2) is 7.11. The molecule has 0 bridgehead atoms. The van der Waals surface area contributed by atoms with Crippen molar-refractivity contribution in [2.24, 2.45) is 5.73 Å². The summed E-state index contributed by atoms with van der Waals surface area (Å²) in [7, 11) is 3.84. The molecule has 1 aromatic rings. The normalized spacial score (nSPS) is 13.1. The second-order valence-electron chi connectivity index (χ2n) is 4.35.